The molecule has 0 bridgehead atoms. The van der Waals surface area contributed by atoms with Crippen LogP contribution in [0.1, 0.15) is 37.0 Å². The minimum atomic E-state index is -0.178. The van der Waals surface area contributed by atoms with Crippen molar-refractivity contribution in [2.45, 2.75) is 26.7 Å². The molecule has 0 aliphatic rings. The number of hydrogen-bond acceptors (Lipinski definition) is 3. The van der Waals surface area contributed by atoms with Crippen LogP contribution in [0.4, 0.5) is 0 Å². The van der Waals surface area contributed by atoms with E-state index in [0.717, 1.165) is 38.4 Å². The molecule has 0 aliphatic heterocycles. The number of hydrogen-bond donors (Lipinski definition) is 4. The van der Waals surface area contributed by atoms with Gasteiger partial charge in [0.1, 0.15) is 5.75 Å². The van der Waals surface area contributed by atoms with Crippen LogP contribution in [0, 0.1) is 0 Å². The maximum absolute atomic E-state index is 11.9. The van der Waals surface area contributed by atoms with Gasteiger partial charge in [-0.05, 0) is 38.0 Å². The van der Waals surface area contributed by atoms with E-state index in [0.29, 0.717) is 12.1 Å². The maximum atomic E-state index is 11.9. The highest BCUT2D eigenvalue weighted by Gasteiger charge is 2.05. The molecule has 0 radical (unpaired) electrons. The molecule has 6 nitrogen and oxygen atoms in total. The van der Waals surface area contributed by atoms with E-state index in [4.69, 9.17) is 0 Å². The van der Waals surface area contributed by atoms with Gasteiger partial charge in [0.2, 0.25) is 0 Å². The smallest absolute Gasteiger partial charge is 0.251 e. The number of nitrogens with zero attached hydrogens (tertiary/aromatic N) is 1. The van der Waals surface area contributed by atoms with Crippen LogP contribution in [0.5, 0.6) is 5.75 Å². The van der Waals surface area contributed by atoms with E-state index in [2.05, 4.69) is 27.9 Å². The molecule has 0 unspecified atom stereocenters. The fourth-order valence-electron chi connectivity index (χ4n) is 1.81. The van der Waals surface area contributed by atoms with Gasteiger partial charge in [-0.2, -0.15) is 0 Å². The Morgan fingerprint density at radius 3 is 2.57 bits per heavy atom. The number of carbonyl (C=O) groups is 1. The number of phenols is 1. The third kappa shape index (κ3) is 9.27. The second-order valence-corrected chi connectivity index (χ2v) is 4.85. The first-order valence-corrected chi connectivity index (χ1v) is 7.76. The Kier molecular flexibility index (Phi) is 12.1. The van der Waals surface area contributed by atoms with Crippen LogP contribution < -0.4 is 16.0 Å². The number of aliphatic imine (C=N–C) groups is 1. The number of benzene rings is 1. The fraction of sp³-hybridized carbons (Fsp3) is 0.500. The van der Waals surface area contributed by atoms with Crippen molar-refractivity contribution in [1.82, 2.24) is 16.0 Å². The van der Waals surface area contributed by atoms with Crippen LogP contribution in [0.2, 0.25) is 0 Å². The van der Waals surface area contributed by atoms with Crippen molar-refractivity contribution in [2.75, 3.05) is 26.2 Å². The SMILES string of the molecule is CCCN=C(NCC)NCCCNC(=O)c1cccc(O)c1.I. The number of guanidine groups is 1. The first-order chi connectivity index (χ1) is 10.7. The van der Waals surface area contributed by atoms with Gasteiger partial charge in [-0.3, -0.25) is 9.79 Å². The second-order valence-electron chi connectivity index (χ2n) is 4.85. The van der Waals surface area contributed by atoms with Gasteiger partial charge in [-0.15, -0.1) is 24.0 Å². The first kappa shape index (κ1) is 21.5. The molecule has 0 saturated carbocycles. The zero-order chi connectivity index (χ0) is 16.2. The van der Waals surface area contributed by atoms with Crippen LogP contribution in [0.15, 0.2) is 29.3 Å². The minimum absolute atomic E-state index is 0. The van der Waals surface area contributed by atoms with Crippen molar-refractivity contribution in [3.63, 3.8) is 0 Å². The summed E-state index contributed by atoms with van der Waals surface area (Å²) in [6, 6.07) is 6.32. The third-order valence-corrected chi connectivity index (χ3v) is 2.88. The molecule has 23 heavy (non-hydrogen) atoms. The van der Waals surface area contributed by atoms with Crippen molar-refractivity contribution < 1.29 is 9.90 Å². The highest BCUT2D eigenvalue weighted by molar-refractivity contribution is 14.0. The molecular weight excluding hydrogens is 407 g/mol. The molecule has 0 saturated heterocycles. The number of aromatic hydroxyl groups is 1. The summed E-state index contributed by atoms with van der Waals surface area (Å²) in [5, 5.41) is 18.6. The van der Waals surface area contributed by atoms with Crippen LogP contribution in [0.3, 0.4) is 0 Å². The van der Waals surface area contributed by atoms with Gasteiger partial charge < -0.3 is 21.1 Å². The number of rotatable bonds is 8. The summed E-state index contributed by atoms with van der Waals surface area (Å²) in [6.07, 6.45) is 1.80. The van der Waals surface area contributed by atoms with E-state index in [1.807, 2.05) is 6.92 Å². The average Bonchev–Trinajstić information content (AvgIpc) is 2.52. The van der Waals surface area contributed by atoms with Gasteiger partial charge >= 0.3 is 0 Å². The Bertz CT molecular complexity index is 495. The predicted octanol–water partition coefficient (Wildman–Crippen LogP) is 2.10. The van der Waals surface area contributed by atoms with Gasteiger partial charge in [-0.25, -0.2) is 0 Å². The largest absolute Gasteiger partial charge is 0.508 e. The summed E-state index contributed by atoms with van der Waals surface area (Å²) in [7, 11) is 0. The number of phenolic OH excluding ortho intramolecular Hbond substituents is 1. The van der Waals surface area contributed by atoms with Gasteiger partial charge in [0.25, 0.3) is 5.91 Å². The monoisotopic (exact) mass is 434 g/mol. The van der Waals surface area contributed by atoms with E-state index >= 15 is 0 Å². The number of amides is 1. The normalized spacial score (nSPS) is 10.6. The zero-order valence-corrected chi connectivity index (χ0v) is 16.1. The standard InChI is InChI=1S/C16H26N4O2.HI/c1-3-9-19-16(17-4-2)20-11-6-10-18-15(22)13-7-5-8-14(21)12-13;/h5,7-8,12,21H,3-4,6,9-11H2,1-2H3,(H,18,22)(H2,17,19,20);1H. The maximum Gasteiger partial charge on any atom is 0.251 e. The topological polar surface area (TPSA) is 85.8 Å². The first-order valence-electron chi connectivity index (χ1n) is 7.76. The molecule has 1 aromatic rings. The molecule has 0 aromatic heterocycles. The lowest BCUT2D eigenvalue weighted by Gasteiger charge is -2.11. The summed E-state index contributed by atoms with van der Waals surface area (Å²) in [4.78, 5) is 16.3. The molecule has 0 aliphatic carbocycles. The van der Waals surface area contributed by atoms with Crippen LogP contribution in [-0.2, 0) is 0 Å². The molecule has 0 atom stereocenters. The van der Waals surface area contributed by atoms with Crippen LogP contribution >= 0.6 is 24.0 Å². The second kappa shape index (κ2) is 13.0. The quantitative estimate of drug-likeness (QED) is 0.219. The fourth-order valence-corrected chi connectivity index (χ4v) is 1.81. The molecule has 0 fully saturated rings. The summed E-state index contributed by atoms with van der Waals surface area (Å²) in [5.41, 5.74) is 0.464. The van der Waals surface area contributed by atoms with Crippen molar-refractivity contribution in [1.29, 1.82) is 0 Å². The Labute approximate surface area is 155 Å². The molecule has 1 rings (SSSR count). The summed E-state index contributed by atoms with van der Waals surface area (Å²) < 4.78 is 0. The van der Waals surface area contributed by atoms with Crippen LogP contribution in [0.25, 0.3) is 0 Å². The Morgan fingerprint density at radius 1 is 1.17 bits per heavy atom. The van der Waals surface area contributed by atoms with Gasteiger partial charge in [0.15, 0.2) is 5.96 Å². The van der Waals surface area contributed by atoms with Crippen molar-refractivity contribution in [2.24, 2.45) is 4.99 Å². The van der Waals surface area contributed by atoms with E-state index in [9.17, 15) is 9.90 Å². The van der Waals surface area contributed by atoms with E-state index < -0.39 is 0 Å². The molecular formula is C16H27IN4O2. The predicted molar refractivity (Wildman–Crippen MR) is 105 cm³/mol. The number of carbonyl (C=O) groups excluding carboxylic acids is 1. The molecule has 7 heteroatoms. The molecule has 130 valence electrons. The molecule has 1 aromatic carbocycles. The molecule has 4 N–H and O–H groups in total. The zero-order valence-electron chi connectivity index (χ0n) is 13.8. The van der Waals surface area contributed by atoms with E-state index in [-0.39, 0.29) is 35.6 Å². The van der Waals surface area contributed by atoms with Gasteiger partial charge in [-0.1, -0.05) is 13.0 Å². The Hall–Kier alpha value is -1.51. The third-order valence-electron chi connectivity index (χ3n) is 2.88. The van der Waals surface area contributed by atoms with Gasteiger partial charge in [0, 0.05) is 31.7 Å². The van der Waals surface area contributed by atoms with Crippen molar-refractivity contribution >= 4 is 35.8 Å². The summed E-state index contributed by atoms with van der Waals surface area (Å²) >= 11 is 0. The molecule has 0 heterocycles. The number of halogens is 1. The van der Waals surface area contributed by atoms with Crippen molar-refractivity contribution in [3.8, 4) is 5.75 Å². The molecule has 0 spiro atoms. The lowest BCUT2D eigenvalue weighted by molar-refractivity contribution is 0.0953. The lowest BCUT2D eigenvalue weighted by atomic mass is 10.2. The summed E-state index contributed by atoms with van der Waals surface area (Å²) in [5.74, 6) is 0.725. The van der Waals surface area contributed by atoms with E-state index in [1.165, 1.54) is 6.07 Å². The number of nitrogens with one attached hydrogen (secondary N) is 3. The minimum Gasteiger partial charge on any atom is -0.508 e. The highest BCUT2D eigenvalue weighted by Crippen LogP contribution is 2.10. The van der Waals surface area contributed by atoms with Crippen LogP contribution in [-0.4, -0.2) is 43.2 Å². The molecule has 1 amide bonds. The lowest BCUT2D eigenvalue weighted by Crippen LogP contribution is -2.38. The average molecular weight is 434 g/mol. The Morgan fingerprint density at radius 2 is 1.91 bits per heavy atom. The summed E-state index contributed by atoms with van der Waals surface area (Å²) in [6.45, 7) is 7.03. The Balaban J connectivity index is 0.00000484. The highest BCUT2D eigenvalue weighted by atomic mass is 127. The van der Waals surface area contributed by atoms with Crippen molar-refractivity contribution in [3.05, 3.63) is 29.8 Å². The van der Waals surface area contributed by atoms with E-state index in [1.54, 1.807) is 18.2 Å². The van der Waals surface area contributed by atoms with Gasteiger partial charge in [0.05, 0.1) is 0 Å².